The van der Waals surface area contributed by atoms with Crippen molar-refractivity contribution in [2.75, 3.05) is 5.32 Å². The van der Waals surface area contributed by atoms with Crippen molar-refractivity contribution in [3.8, 4) is 11.5 Å². The van der Waals surface area contributed by atoms with Crippen molar-refractivity contribution in [2.45, 2.75) is 52.1 Å². The highest BCUT2D eigenvalue weighted by Crippen LogP contribution is 2.26. The molecule has 186 valence electrons. The van der Waals surface area contributed by atoms with E-state index >= 15 is 0 Å². The quantitative estimate of drug-likeness (QED) is 0.384. The van der Waals surface area contributed by atoms with E-state index in [1.165, 1.54) is 28.5 Å². The molecule has 0 atom stereocenters. The first-order valence-electron chi connectivity index (χ1n) is 12.0. The van der Waals surface area contributed by atoms with Gasteiger partial charge in [-0.25, -0.2) is 4.79 Å². The van der Waals surface area contributed by atoms with Gasteiger partial charge in [-0.3, -0.25) is 14.7 Å². The third kappa shape index (κ3) is 6.50. The minimum atomic E-state index is -1.00. The molecule has 36 heavy (non-hydrogen) atoms. The zero-order chi connectivity index (χ0) is 25.7. The fraction of sp³-hybridized carbons (Fsp3) is 0.276. The molecule has 7 heteroatoms. The summed E-state index contributed by atoms with van der Waals surface area (Å²) in [6.45, 7) is 5.67. The maximum Gasteiger partial charge on any atom is 0.408 e. The maximum absolute atomic E-state index is 12.4. The zero-order valence-electron chi connectivity index (χ0n) is 20.8. The number of nitrogens with zero attached hydrogens (tertiary/aromatic N) is 2. The molecular weight excluding hydrogens is 454 g/mol. The largest absolute Gasteiger partial charge is 0.465 e. The molecule has 0 saturated carbocycles. The Morgan fingerprint density at radius 2 is 1.83 bits per heavy atom. The molecule has 2 amide bonds. The Hall–Kier alpha value is -4.13. The van der Waals surface area contributed by atoms with Crippen LogP contribution in [-0.4, -0.2) is 32.5 Å². The summed E-state index contributed by atoms with van der Waals surface area (Å²) in [5.41, 5.74) is 4.34. The predicted octanol–water partition coefficient (Wildman–Crippen LogP) is 6.29. The van der Waals surface area contributed by atoms with Crippen molar-refractivity contribution < 1.29 is 19.4 Å². The van der Waals surface area contributed by atoms with Gasteiger partial charge in [-0.1, -0.05) is 18.2 Å². The summed E-state index contributed by atoms with van der Waals surface area (Å²) in [4.78, 5) is 29.7. The van der Waals surface area contributed by atoms with Crippen LogP contribution < -0.4 is 10.1 Å². The molecule has 1 heterocycles. The molecule has 1 aliphatic rings. The lowest BCUT2D eigenvalue weighted by atomic mass is 10.1. The standard InChI is InChI=1S/C29H31N3O4/c1-29(2,3)32(28(34)35)19-24-18-26(14-15-30-24)36-25-9-4-6-20(16-25)10-13-27(33)31-23-12-11-21-7-5-8-22(21)17-23/h4,6,9-18H,5,7-8,19H2,1-3H3,(H,31,33)(H,34,35). The maximum atomic E-state index is 12.4. The SMILES string of the molecule is CC(C)(C)N(Cc1cc(Oc2cccc(C=CC(=O)Nc3ccc4c(c3)CCC4)c2)ccn1)C(=O)O. The third-order valence-corrected chi connectivity index (χ3v) is 6.04. The number of anilines is 1. The van der Waals surface area contributed by atoms with Gasteiger partial charge in [0.1, 0.15) is 11.5 Å². The fourth-order valence-corrected chi connectivity index (χ4v) is 4.18. The van der Waals surface area contributed by atoms with E-state index in [-0.39, 0.29) is 12.5 Å². The number of amides is 2. The summed E-state index contributed by atoms with van der Waals surface area (Å²) in [7, 11) is 0. The predicted molar refractivity (Wildman–Crippen MR) is 140 cm³/mol. The van der Waals surface area contributed by atoms with Crippen LogP contribution in [0.1, 0.15) is 49.6 Å². The molecule has 0 unspecified atom stereocenters. The Balaban J connectivity index is 1.39. The van der Waals surface area contributed by atoms with Gasteiger partial charge in [0.25, 0.3) is 0 Å². The van der Waals surface area contributed by atoms with Crippen molar-refractivity contribution in [1.29, 1.82) is 0 Å². The molecule has 3 aromatic rings. The van der Waals surface area contributed by atoms with E-state index in [1.54, 1.807) is 24.4 Å². The first kappa shape index (κ1) is 25.0. The summed E-state index contributed by atoms with van der Waals surface area (Å²) in [5.74, 6) is 0.953. The van der Waals surface area contributed by atoms with Crippen molar-refractivity contribution >= 4 is 23.8 Å². The number of aryl methyl sites for hydroxylation is 2. The Morgan fingerprint density at radius 3 is 2.61 bits per heavy atom. The summed E-state index contributed by atoms with van der Waals surface area (Å²) < 4.78 is 5.99. The number of hydrogen-bond donors (Lipinski definition) is 2. The number of nitrogens with one attached hydrogen (secondary N) is 1. The van der Waals surface area contributed by atoms with E-state index in [1.807, 2.05) is 51.1 Å². The van der Waals surface area contributed by atoms with E-state index in [4.69, 9.17) is 4.74 Å². The lowest BCUT2D eigenvalue weighted by Crippen LogP contribution is -2.44. The van der Waals surface area contributed by atoms with Crippen LogP contribution in [0.3, 0.4) is 0 Å². The average molecular weight is 486 g/mol. The third-order valence-electron chi connectivity index (χ3n) is 6.04. The van der Waals surface area contributed by atoms with Crippen molar-refractivity contribution in [3.63, 3.8) is 0 Å². The molecule has 0 saturated heterocycles. The van der Waals surface area contributed by atoms with E-state index < -0.39 is 11.6 Å². The highest BCUT2D eigenvalue weighted by Gasteiger charge is 2.26. The van der Waals surface area contributed by atoms with E-state index in [0.29, 0.717) is 17.2 Å². The highest BCUT2D eigenvalue weighted by molar-refractivity contribution is 6.02. The van der Waals surface area contributed by atoms with Crippen molar-refractivity contribution in [2.24, 2.45) is 0 Å². The minimum Gasteiger partial charge on any atom is -0.465 e. The van der Waals surface area contributed by atoms with E-state index in [0.717, 1.165) is 24.1 Å². The summed E-state index contributed by atoms with van der Waals surface area (Å²) in [6, 6.07) is 16.9. The second-order valence-corrected chi connectivity index (χ2v) is 9.86. The van der Waals surface area contributed by atoms with Gasteiger partial charge in [0, 0.05) is 29.6 Å². The van der Waals surface area contributed by atoms with Gasteiger partial charge in [-0.15, -0.1) is 0 Å². The van der Waals surface area contributed by atoms with Crippen LogP contribution in [0.2, 0.25) is 0 Å². The lowest BCUT2D eigenvalue weighted by molar-refractivity contribution is -0.111. The number of carbonyl (C=O) groups excluding carboxylic acids is 1. The number of benzene rings is 2. The monoisotopic (exact) mass is 485 g/mol. The van der Waals surface area contributed by atoms with E-state index in [2.05, 4.69) is 22.4 Å². The van der Waals surface area contributed by atoms with Gasteiger partial charge < -0.3 is 15.2 Å². The van der Waals surface area contributed by atoms with Gasteiger partial charge in [0.15, 0.2) is 0 Å². The van der Waals surface area contributed by atoms with Crippen LogP contribution in [0.4, 0.5) is 10.5 Å². The van der Waals surface area contributed by atoms with Gasteiger partial charge in [-0.05, 0) is 93.1 Å². The van der Waals surface area contributed by atoms with Crippen molar-refractivity contribution in [1.82, 2.24) is 9.88 Å². The Kier molecular flexibility index (Phi) is 7.38. The number of fused-ring (bicyclic) bond motifs is 1. The second-order valence-electron chi connectivity index (χ2n) is 9.86. The molecule has 0 spiro atoms. The second kappa shape index (κ2) is 10.6. The summed E-state index contributed by atoms with van der Waals surface area (Å²) in [6.07, 6.45) is 7.18. The number of carbonyl (C=O) groups is 2. The molecule has 0 bridgehead atoms. The molecule has 7 nitrogen and oxygen atoms in total. The van der Waals surface area contributed by atoms with Gasteiger partial charge in [0.2, 0.25) is 5.91 Å². The average Bonchev–Trinajstić information content (AvgIpc) is 3.29. The topological polar surface area (TPSA) is 91.8 Å². The molecule has 0 aliphatic heterocycles. The Morgan fingerprint density at radius 1 is 1.06 bits per heavy atom. The number of carboxylic acid groups (broad SMARTS) is 1. The van der Waals surface area contributed by atoms with Gasteiger partial charge in [-0.2, -0.15) is 0 Å². The highest BCUT2D eigenvalue weighted by atomic mass is 16.5. The summed E-state index contributed by atoms with van der Waals surface area (Å²) >= 11 is 0. The molecule has 4 rings (SSSR count). The lowest BCUT2D eigenvalue weighted by Gasteiger charge is -2.32. The van der Waals surface area contributed by atoms with Crippen LogP contribution in [0.5, 0.6) is 11.5 Å². The molecule has 0 radical (unpaired) electrons. The Labute approximate surface area is 211 Å². The van der Waals surface area contributed by atoms with Gasteiger partial charge in [0.05, 0.1) is 12.2 Å². The molecule has 2 aromatic carbocycles. The number of aromatic nitrogens is 1. The van der Waals surface area contributed by atoms with Crippen LogP contribution in [0, 0.1) is 0 Å². The Bertz CT molecular complexity index is 1290. The zero-order valence-corrected chi connectivity index (χ0v) is 20.8. The first-order valence-corrected chi connectivity index (χ1v) is 12.0. The van der Waals surface area contributed by atoms with E-state index in [9.17, 15) is 14.7 Å². The smallest absolute Gasteiger partial charge is 0.408 e. The first-order chi connectivity index (χ1) is 17.2. The number of rotatable bonds is 7. The molecule has 0 fully saturated rings. The molecule has 1 aliphatic carbocycles. The molecule has 1 aromatic heterocycles. The minimum absolute atomic E-state index is 0.151. The molecule has 2 N–H and O–H groups in total. The molecular formula is C29H31N3O4. The van der Waals surface area contributed by atoms with Crippen LogP contribution >= 0.6 is 0 Å². The number of ether oxygens (including phenoxy) is 1. The fourth-order valence-electron chi connectivity index (χ4n) is 4.18. The van der Waals surface area contributed by atoms with Crippen LogP contribution in [0.15, 0.2) is 66.9 Å². The number of pyridine rings is 1. The number of hydrogen-bond acceptors (Lipinski definition) is 4. The van der Waals surface area contributed by atoms with Crippen LogP contribution in [0.25, 0.3) is 6.08 Å². The van der Waals surface area contributed by atoms with Crippen LogP contribution in [-0.2, 0) is 24.2 Å². The van der Waals surface area contributed by atoms with Crippen molar-refractivity contribution in [3.05, 3.63) is 89.3 Å². The summed E-state index contributed by atoms with van der Waals surface area (Å²) in [5, 5.41) is 12.5. The normalized spacial score (nSPS) is 12.9. The van der Waals surface area contributed by atoms with Gasteiger partial charge >= 0.3 is 6.09 Å².